The first-order chi connectivity index (χ1) is 19.5. The summed E-state index contributed by atoms with van der Waals surface area (Å²) in [5, 5.41) is 0. The summed E-state index contributed by atoms with van der Waals surface area (Å²) in [6.45, 7) is 16.4. The van der Waals surface area contributed by atoms with Crippen molar-refractivity contribution in [1.82, 2.24) is 4.90 Å². The number of nitrogens with zero attached hydrogens (tertiary/aromatic N) is 1. The van der Waals surface area contributed by atoms with Crippen molar-refractivity contribution < 1.29 is 23.8 Å². The minimum absolute atomic E-state index is 0.106. The number of Topliss-reactive ketones (excluding diaryl/α,β-unsaturated/α-hetero) is 2. The van der Waals surface area contributed by atoms with Crippen molar-refractivity contribution in [3.8, 4) is 23.8 Å². The van der Waals surface area contributed by atoms with Crippen LogP contribution in [0.2, 0.25) is 0 Å². The molecule has 0 amide bonds. The predicted octanol–water partition coefficient (Wildman–Crippen LogP) is 6.55. The molecule has 1 heterocycles. The van der Waals surface area contributed by atoms with Gasteiger partial charge in [-0.25, -0.2) is 0 Å². The number of terminal acetylenes is 1. The minimum Gasteiger partial charge on any atom is -0.490 e. The third-order valence-electron chi connectivity index (χ3n) is 8.20. The summed E-state index contributed by atoms with van der Waals surface area (Å²) in [7, 11) is 1.70. The minimum atomic E-state index is -0.463. The van der Waals surface area contributed by atoms with Gasteiger partial charge >= 0.3 is 0 Å². The van der Waals surface area contributed by atoms with Crippen molar-refractivity contribution in [2.24, 2.45) is 10.8 Å². The highest BCUT2D eigenvalue weighted by atomic mass is 16.5. The van der Waals surface area contributed by atoms with Gasteiger partial charge in [0.1, 0.15) is 6.61 Å². The van der Waals surface area contributed by atoms with E-state index in [2.05, 4.69) is 51.2 Å². The molecule has 41 heavy (non-hydrogen) atoms. The first kappa shape index (κ1) is 30.7. The van der Waals surface area contributed by atoms with Gasteiger partial charge in [0.2, 0.25) is 0 Å². The van der Waals surface area contributed by atoms with Gasteiger partial charge in [-0.05, 0) is 55.1 Å². The summed E-state index contributed by atoms with van der Waals surface area (Å²) in [6.07, 6.45) is 11.1. The molecule has 0 spiro atoms. The second-order valence-electron chi connectivity index (χ2n) is 13.0. The van der Waals surface area contributed by atoms with Crippen LogP contribution >= 0.6 is 0 Å². The Labute approximate surface area is 245 Å². The van der Waals surface area contributed by atoms with Crippen LogP contribution in [0.25, 0.3) is 0 Å². The van der Waals surface area contributed by atoms with Crippen LogP contribution in [0.15, 0.2) is 47.3 Å². The van der Waals surface area contributed by atoms with Crippen LogP contribution < -0.4 is 9.47 Å². The maximum atomic E-state index is 14.1. The van der Waals surface area contributed by atoms with E-state index in [0.717, 1.165) is 52.9 Å². The highest BCUT2D eigenvalue weighted by molar-refractivity contribution is 6.06. The first-order valence-corrected chi connectivity index (χ1v) is 14.7. The average Bonchev–Trinajstić information content (AvgIpc) is 2.87. The lowest BCUT2D eigenvalue weighted by molar-refractivity contribution is -0.119. The Balaban J connectivity index is 2.01. The van der Waals surface area contributed by atoms with Crippen molar-refractivity contribution in [3.05, 3.63) is 58.5 Å². The molecule has 6 nitrogen and oxygen atoms in total. The van der Waals surface area contributed by atoms with Gasteiger partial charge in [-0.1, -0.05) is 45.8 Å². The number of benzene rings is 1. The zero-order chi connectivity index (χ0) is 29.9. The highest BCUT2D eigenvalue weighted by Crippen LogP contribution is 2.55. The molecular formula is C35H45NO5. The standard InChI is InChI=1S/C35H45NO5/c1-9-13-23-17-24(18-29(40-11-3)33(23)41-15-10-2)30-31-25(19-34(4,5)21-27(31)37)36(14-12-16-39-8)26-20-35(6,7)22-28(38)32(26)30/h2,9,17-18,30H,1,11-16,19-22H2,3-8H3. The molecule has 2 aliphatic carbocycles. The van der Waals surface area contributed by atoms with Gasteiger partial charge in [-0.2, -0.15) is 0 Å². The van der Waals surface area contributed by atoms with E-state index in [1.54, 1.807) is 7.11 Å². The monoisotopic (exact) mass is 559 g/mol. The number of hydrogen-bond donors (Lipinski definition) is 0. The van der Waals surface area contributed by atoms with Gasteiger partial charge < -0.3 is 19.1 Å². The quantitative estimate of drug-likeness (QED) is 0.174. The Bertz CT molecular complexity index is 1270. The van der Waals surface area contributed by atoms with Crippen LogP contribution in [0.1, 0.15) is 83.8 Å². The Morgan fingerprint density at radius 1 is 1.02 bits per heavy atom. The van der Waals surface area contributed by atoms with Gasteiger partial charge in [0.05, 0.1) is 6.61 Å². The van der Waals surface area contributed by atoms with Crippen molar-refractivity contribution in [3.63, 3.8) is 0 Å². The molecule has 0 saturated heterocycles. The summed E-state index contributed by atoms with van der Waals surface area (Å²) in [5.41, 5.74) is 4.98. The number of carbonyl (C=O) groups excluding carboxylic acids is 2. The largest absolute Gasteiger partial charge is 0.490 e. The highest BCUT2D eigenvalue weighted by Gasteiger charge is 2.49. The van der Waals surface area contributed by atoms with Crippen LogP contribution in [-0.4, -0.2) is 49.9 Å². The molecule has 0 fully saturated rings. The summed E-state index contributed by atoms with van der Waals surface area (Å²) in [6, 6.07) is 4.00. The van der Waals surface area contributed by atoms with E-state index in [9.17, 15) is 9.59 Å². The van der Waals surface area contributed by atoms with E-state index < -0.39 is 5.92 Å². The van der Waals surface area contributed by atoms with Crippen LogP contribution in [0.5, 0.6) is 11.5 Å². The summed E-state index contributed by atoms with van der Waals surface area (Å²) in [5.74, 6) is 3.44. The maximum Gasteiger partial charge on any atom is 0.166 e. The zero-order valence-corrected chi connectivity index (χ0v) is 25.7. The molecule has 0 aromatic heterocycles. The fraction of sp³-hybridized carbons (Fsp3) is 0.543. The molecule has 1 aliphatic heterocycles. The molecule has 0 N–H and O–H groups in total. The number of methoxy groups -OCH3 is 1. The molecule has 0 unspecified atom stereocenters. The van der Waals surface area contributed by atoms with E-state index >= 15 is 0 Å². The van der Waals surface area contributed by atoms with E-state index in [4.69, 9.17) is 20.6 Å². The summed E-state index contributed by atoms with van der Waals surface area (Å²) >= 11 is 0. The van der Waals surface area contributed by atoms with E-state index in [0.29, 0.717) is 50.5 Å². The number of rotatable bonds is 11. The van der Waals surface area contributed by atoms with Gasteiger partial charge in [0.15, 0.2) is 23.1 Å². The fourth-order valence-corrected chi connectivity index (χ4v) is 6.72. The predicted molar refractivity (Wildman–Crippen MR) is 162 cm³/mol. The maximum absolute atomic E-state index is 14.1. The normalized spacial score (nSPS) is 20.0. The second-order valence-corrected chi connectivity index (χ2v) is 13.0. The van der Waals surface area contributed by atoms with Gasteiger partial charge in [0, 0.05) is 67.1 Å². The van der Waals surface area contributed by atoms with Crippen LogP contribution in [0, 0.1) is 23.2 Å². The lowest BCUT2D eigenvalue weighted by Gasteiger charge is -2.49. The number of ether oxygens (including phenoxy) is 3. The van der Waals surface area contributed by atoms with Crippen molar-refractivity contribution >= 4 is 11.6 Å². The van der Waals surface area contributed by atoms with E-state index in [1.165, 1.54) is 0 Å². The summed E-state index contributed by atoms with van der Waals surface area (Å²) in [4.78, 5) is 30.5. The van der Waals surface area contributed by atoms with Gasteiger partial charge in [-0.3, -0.25) is 9.59 Å². The number of allylic oxidation sites excluding steroid dienone is 5. The topological polar surface area (TPSA) is 65.1 Å². The SMILES string of the molecule is C#CCOc1c(CC=C)cc(C2C3=C(CC(C)(C)CC3=O)N(CCCOC)C3=C2C(=O)CC(C)(C)C3)cc1OCC. The molecule has 1 aromatic rings. The Kier molecular flexibility index (Phi) is 9.19. The molecule has 0 saturated carbocycles. The molecule has 4 rings (SSSR count). The molecule has 220 valence electrons. The van der Waals surface area contributed by atoms with E-state index in [1.807, 2.05) is 19.1 Å². The average molecular weight is 560 g/mol. The summed E-state index contributed by atoms with van der Waals surface area (Å²) < 4.78 is 17.4. The van der Waals surface area contributed by atoms with Crippen LogP contribution in [-0.2, 0) is 20.7 Å². The first-order valence-electron chi connectivity index (χ1n) is 14.7. The number of hydrogen-bond acceptors (Lipinski definition) is 6. The third kappa shape index (κ3) is 6.31. The van der Waals surface area contributed by atoms with Crippen molar-refractivity contribution in [2.45, 2.75) is 79.1 Å². The smallest absolute Gasteiger partial charge is 0.166 e. The van der Waals surface area contributed by atoms with Gasteiger partial charge in [0.25, 0.3) is 0 Å². The lowest BCUT2D eigenvalue weighted by atomic mass is 9.63. The molecule has 3 aliphatic rings. The molecule has 0 bridgehead atoms. The second kappa shape index (κ2) is 12.3. The van der Waals surface area contributed by atoms with Crippen molar-refractivity contribution in [2.75, 3.05) is 33.5 Å². The lowest BCUT2D eigenvalue weighted by Crippen LogP contribution is -2.44. The zero-order valence-electron chi connectivity index (χ0n) is 25.7. The van der Waals surface area contributed by atoms with Crippen LogP contribution in [0.3, 0.4) is 0 Å². The fourth-order valence-electron chi connectivity index (χ4n) is 6.72. The third-order valence-corrected chi connectivity index (χ3v) is 8.20. The van der Waals surface area contributed by atoms with E-state index in [-0.39, 0.29) is 29.0 Å². The molecular weight excluding hydrogens is 514 g/mol. The van der Waals surface area contributed by atoms with Crippen molar-refractivity contribution in [1.29, 1.82) is 0 Å². The molecule has 6 heteroatoms. The number of carbonyl (C=O) groups is 2. The molecule has 1 aromatic carbocycles. The Morgan fingerprint density at radius 3 is 2.15 bits per heavy atom. The molecule has 0 radical (unpaired) electrons. The Morgan fingerprint density at radius 2 is 1.63 bits per heavy atom. The Hall–Kier alpha value is -3.30. The molecule has 0 atom stereocenters. The van der Waals surface area contributed by atoms with Crippen LogP contribution in [0.4, 0.5) is 0 Å². The number of ketones is 2. The van der Waals surface area contributed by atoms with Gasteiger partial charge in [-0.15, -0.1) is 13.0 Å².